The Balaban J connectivity index is 1.37. The van der Waals surface area contributed by atoms with Crippen LogP contribution in [0.5, 0.6) is 0 Å². The highest BCUT2D eigenvalue weighted by atomic mass is 35.5. The summed E-state index contributed by atoms with van der Waals surface area (Å²) in [4.78, 5) is 2.41. The van der Waals surface area contributed by atoms with Crippen molar-refractivity contribution < 1.29 is 5.11 Å². The zero-order chi connectivity index (χ0) is 16.5. The number of benzene rings is 2. The predicted molar refractivity (Wildman–Crippen MR) is 98.7 cm³/mol. The molecule has 1 aliphatic carbocycles. The van der Waals surface area contributed by atoms with E-state index in [2.05, 4.69) is 46.6 Å². The van der Waals surface area contributed by atoms with Crippen LogP contribution in [0.3, 0.4) is 0 Å². The molecule has 2 aliphatic rings. The van der Waals surface area contributed by atoms with Crippen molar-refractivity contribution in [1.29, 1.82) is 0 Å². The fourth-order valence-corrected chi connectivity index (χ4v) is 4.11. The number of nitrogens with zero attached hydrogens (tertiary/aromatic N) is 1. The van der Waals surface area contributed by atoms with Gasteiger partial charge in [-0.05, 0) is 48.2 Å². The second-order valence-corrected chi connectivity index (χ2v) is 7.29. The fraction of sp³-hybridized carbons (Fsp3) is 0.400. The highest BCUT2D eigenvalue weighted by Gasteiger charge is 2.33. The van der Waals surface area contributed by atoms with Gasteiger partial charge in [-0.2, -0.15) is 0 Å². The normalized spacial score (nSPS) is 24.2. The molecule has 24 heavy (non-hydrogen) atoms. The average Bonchev–Trinajstić information content (AvgIpc) is 2.92. The summed E-state index contributed by atoms with van der Waals surface area (Å²) in [5.74, 6) is 0. The number of nitrogens with one attached hydrogen (secondary N) is 1. The first-order valence-electron chi connectivity index (χ1n) is 8.73. The maximum Gasteiger partial charge on any atom is 0.0775 e. The zero-order valence-electron chi connectivity index (χ0n) is 13.7. The van der Waals surface area contributed by atoms with Crippen molar-refractivity contribution >= 4 is 17.3 Å². The summed E-state index contributed by atoms with van der Waals surface area (Å²) in [6, 6.07) is 17.0. The van der Waals surface area contributed by atoms with Gasteiger partial charge in [0.1, 0.15) is 0 Å². The maximum absolute atomic E-state index is 10.4. The lowest BCUT2D eigenvalue weighted by Gasteiger charge is -2.36. The van der Waals surface area contributed by atoms with E-state index in [1.165, 1.54) is 16.8 Å². The molecule has 4 rings (SSSR count). The van der Waals surface area contributed by atoms with E-state index in [0.29, 0.717) is 6.04 Å². The number of aliphatic hydroxyl groups excluding tert-OH is 1. The summed E-state index contributed by atoms with van der Waals surface area (Å²) in [6.45, 7) is 2.06. The van der Waals surface area contributed by atoms with Crippen molar-refractivity contribution in [1.82, 2.24) is 5.32 Å². The highest BCUT2D eigenvalue weighted by Crippen LogP contribution is 2.32. The number of rotatable bonds is 3. The molecule has 0 bridgehead atoms. The second kappa shape index (κ2) is 6.75. The summed E-state index contributed by atoms with van der Waals surface area (Å²) >= 11 is 5.97. The molecule has 4 heteroatoms. The van der Waals surface area contributed by atoms with Gasteiger partial charge in [0.15, 0.2) is 0 Å². The van der Waals surface area contributed by atoms with Gasteiger partial charge >= 0.3 is 0 Å². The molecule has 1 fully saturated rings. The van der Waals surface area contributed by atoms with Gasteiger partial charge in [-0.15, -0.1) is 0 Å². The Morgan fingerprint density at radius 2 is 1.71 bits per heavy atom. The molecular formula is C20H23ClN2O. The molecule has 2 aromatic carbocycles. The first-order valence-corrected chi connectivity index (χ1v) is 9.11. The van der Waals surface area contributed by atoms with E-state index in [4.69, 9.17) is 11.6 Å². The third-order valence-electron chi connectivity index (χ3n) is 5.31. The van der Waals surface area contributed by atoms with Crippen LogP contribution in [-0.2, 0) is 6.42 Å². The highest BCUT2D eigenvalue weighted by molar-refractivity contribution is 6.30. The van der Waals surface area contributed by atoms with Crippen molar-refractivity contribution in [3.63, 3.8) is 0 Å². The number of fused-ring (bicyclic) bond motifs is 1. The summed E-state index contributed by atoms with van der Waals surface area (Å²) in [6.07, 6.45) is 2.64. The summed E-state index contributed by atoms with van der Waals surface area (Å²) in [5.41, 5.74) is 3.79. The minimum absolute atomic E-state index is 0.0771. The molecule has 2 atom stereocenters. The maximum atomic E-state index is 10.4. The fourth-order valence-electron chi connectivity index (χ4n) is 3.98. The number of hydrogen-bond donors (Lipinski definition) is 2. The van der Waals surface area contributed by atoms with Crippen LogP contribution in [0.15, 0.2) is 48.5 Å². The molecule has 0 spiro atoms. The Kier molecular flexibility index (Phi) is 4.49. The van der Waals surface area contributed by atoms with Gasteiger partial charge in [-0.3, -0.25) is 0 Å². The first kappa shape index (κ1) is 15.9. The van der Waals surface area contributed by atoms with Gasteiger partial charge in [0.2, 0.25) is 0 Å². The second-order valence-electron chi connectivity index (χ2n) is 6.85. The van der Waals surface area contributed by atoms with Crippen LogP contribution >= 0.6 is 11.6 Å². The number of anilines is 1. The molecule has 0 aromatic heterocycles. The minimum atomic E-state index is -0.309. The van der Waals surface area contributed by atoms with E-state index in [1.807, 2.05) is 12.1 Å². The largest absolute Gasteiger partial charge is 0.391 e. The molecule has 0 saturated carbocycles. The van der Waals surface area contributed by atoms with Gasteiger partial charge in [-0.25, -0.2) is 0 Å². The van der Waals surface area contributed by atoms with Crippen molar-refractivity contribution in [2.24, 2.45) is 0 Å². The molecular weight excluding hydrogens is 320 g/mol. The molecule has 1 saturated heterocycles. The van der Waals surface area contributed by atoms with Gasteiger partial charge in [0.25, 0.3) is 0 Å². The standard InChI is InChI=1S/C20H23ClN2O/c21-15-5-7-17(8-6-15)23-11-9-16(10-12-23)22-20-18-4-2-1-3-14(18)13-19(20)24/h1-8,16,19-20,22,24H,9-13H2/t19-,20+/m0/s1. The summed E-state index contributed by atoms with van der Waals surface area (Å²) in [5, 5.41) is 14.9. The molecule has 1 heterocycles. The van der Waals surface area contributed by atoms with E-state index >= 15 is 0 Å². The Hall–Kier alpha value is -1.55. The van der Waals surface area contributed by atoms with Gasteiger partial charge in [0.05, 0.1) is 12.1 Å². The van der Waals surface area contributed by atoms with Gasteiger partial charge < -0.3 is 15.3 Å². The van der Waals surface area contributed by atoms with Crippen molar-refractivity contribution in [2.45, 2.75) is 37.5 Å². The lowest BCUT2D eigenvalue weighted by molar-refractivity contribution is 0.131. The molecule has 2 N–H and O–H groups in total. The third kappa shape index (κ3) is 3.16. The van der Waals surface area contributed by atoms with Crippen LogP contribution in [0.25, 0.3) is 0 Å². The average molecular weight is 343 g/mol. The van der Waals surface area contributed by atoms with Crippen LogP contribution < -0.4 is 10.2 Å². The van der Waals surface area contributed by atoms with E-state index in [9.17, 15) is 5.11 Å². The van der Waals surface area contributed by atoms with E-state index in [1.54, 1.807) is 0 Å². The Bertz CT molecular complexity index is 695. The first-order chi connectivity index (χ1) is 11.7. The monoisotopic (exact) mass is 342 g/mol. The Labute approximate surface area is 148 Å². The summed E-state index contributed by atoms with van der Waals surface area (Å²) < 4.78 is 0. The molecule has 3 nitrogen and oxygen atoms in total. The summed E-state index contributed by atoms with van der Waals surface area (Å²) in [7, 11) is 0. The van der Waals surface area contributed by atoms with Crippen LogP contribution in [-0.4, -0.2) is 30.3 Å². The number of aliphatic hydroxyl groups is 1. The van der Waals surface area contributed by atoms with E-state index in [-0.39, 0.29) is 12.1 Å². The molecule has 1 aliphatic heterocycles. The minimum Gasteiger partial charge on any atom is -0.391 e. The topological polar surface area (TPSA) is 35.5 Å². The lowest BCUT2D eigenvalue weighted by Crippen LogP contribution is -2.45. The van der Waals surface area contributed by atoms with Crippen LogP contribution in [0, 0.1) is 0 Å². The Morgan fingerprint density at radius 1 is 1.00 bits per heavy atom. The molecule has 2 aromatic rings. The lowest BCUT2D eigenvalue weighted by atomic mass is 10.0. The van der Waals surface area contributed by atoms with Crippen LogP contribution in [0.4, 0.5) is 5.69 Å². The molecule has 0 amide bonds. The molecule has 0 unspecified atom stereocenters. The van der Waals surface area contributed by atoms with Crippen molar-refractivity contribution in [3.8, 4) is 0 Å². The van der Waals surface area contributed by atoms with Crippen molar-refractivity contribution in [2.75, 3.05) is 18.0 Å². The third-order valence-corrected chi connectivity index (χ3v) is 5.56. The van der Waals surface area contributed by atoms with Crippen LogP contribution in [0.2, 0.25) is 5.02 Å². The van der Waals surface area contributed by atoms with Gasteiger partial charge in [0, 0.05) is 36.3 Å². The smallest absolute Gasteiger partial charge is 0.0775 e. The number of hydrogen-bond acceptors (Lipinski definition) is 3. The van der Waals surface area contributed by atoms with E-state index in [0.717, 1.165) is 37.4 Å². The van der Waals surface area contributed by atoms with Crippen LogP contribution in [0.1, 0.15) is 30.0 Å². The van der Waals surface area contributed by atoms with Gasteiger partial charge in [-0.1, -0.05) is 35.9 Å². The zero-order valence-corrected chi connectivity index (χ0v) is 14.4. The quantitative estimate of drug-likeness (QED) is 0.895. The molecule has 0 radical (unpaired) electrons. The number of halogens is 1. The molecule has 126 valence electrons. The van der Waals surface area contributed by atoms with Crippen molar-refractivity contribution in [3.05, 3.63) is 64.7 Å². The Morgan fingerprint density at radius 3 is 2.46 bits per heavy atom. The predicted octanol–water partition coefficient (Wildman–Crippen LogP) is 3.56. The number of piperidine rings is 1. The SMILES string of the molecule is O[C@H]1Cc2ccccc2[C@H]1NC1CCN(c2ccc(Cl)cc2)CC1. The van der Waals surface area contributed by atoms with E-state index < -0.39 is 0 Å².